The van der Waals surface area contributed by atoms with Crippen molar-refractivity contribution in [3.05, 3.63) is 12.3 Å². The maximum Gasteiger partial charge on any atom is 0.229 e. The van der Waals surface area contributed by atoms with Crippen LogP contribution in [0.15, 0.2) is 12.3 Å². The minimum atomic E-state index is 0.155. The Hall–Kier alpha value is -0.790. The number of carbonyl (C=O) groups excluding carboxylic acids is 1. The summed E-state index contributed by atoms with van der Waals surface area (Å²) >= 11 is 0. The predicted octanol–water partition coefficient (Wildman–Crippen LogP) is 0.998. The molecule has 1 fully saturated rings. The van der Waals surface area contributed by atoms with Gasteiger partial charge in [0.2, 0.25) is 5.91 Å². The molecule has 0 bridgehead atoms. The van der Waals surface area contributed by atoms with Crippen molar-refractivity contribution in [3.8, 4) is 0 Å². The first-order valence-electron chi connectivity index (χ1n) is 3.08. The van der Waals surface area contributed by atoms with Crippen molar-refractivity contribution < 1.29 is 4.79 Å². The second-order valence-corrected chi connectivity index (χ2v) is 2.57. The van der Waals surface area contributed by atoms with Crippen LogP contribution < -0.4 is 0 Å². The van der Waals surface area contributed by atoms with Crippen molar-refractivity contribution in [3.63, 3.8) is 0 Å². The average molecular weight is 125 g/mol. The first-order valence-corrected chi connectivity index (χ1v) is 3.08. The van der Waals surface area contributed by atoms with Crippen LogP contribution in [0, 0.1) is 5.92 Å². The lowest BCUT2D eigenvalue weighted by Crippen LogP contribution is -2.19. The molecule has 2 heteroatoms. The third kappa shape index (κ3) is 0.846. The van der Waals surface area contributed by atoms with E-state index < -0.39 is 0 Å². The molecular weight excluding hydrogens is 114 g/mol. The van der Waals surface area contributed by atoms with Crippen molar-refractivity contribution in [2.45, 2.75) is 13.3 Å². The zero-order valence-corrected chi connectivity index (χ0v) is 5.85. The smallest absolute Gasteiger partial charge is 0.229 e. The van der Waals surface area contributed by atoms with Crippen LogP contribution >= 0.6 is 0 Å². The van der Waals surface area contributed by atoms with Gasteiger partial charge in [-0.3, -0.25) is 4.79 Å². The molecule has 2 nitrogen and oxygen atoms in total. The lowest BCUT2D eigenvalue weighted by atomic mass is 10.1. The van der Waals surface area contributed by atoms with Crippen LogP contribution in [0.3, 0.4) is 0 Å². The lowest BCUT2D eigenvalue weighted by molar-refractivity contribution is -0.128. The fourth-order valence-corrected chi connectivity index (χ4v) is 1.06. The van der Waals surface area contributed by atoms with E-state index in [1.54, 1.807) is 11.9 Å². The monoisotopic (exact) mass is 125 g/mol. The number of likely N-dealkylation sites (tertiary alicyclic amines) is 1. The van der Waals surface area contributed by atoms with Crippen molar-refractivity contribution in [1.29, 1.82) is 0 Å². The number of amides is 1. The molecule has 0 aromatic carbocycles. The normalized spacial score (nSPS) is 27.8. The number of allylic oxidation sites excluding steroid dienone is 1. The number of hydrogen-bond donors (Lipinski definition) is 0. The van der Waals surface area contributed by atoms with E-state index in [9.17, 15) is 4.79 Å². The number of nitrogens with zero attached hydrogens (tertiary/aromatic N) is 1. The fraction of sp³-hybridized carbons (Fsp3) is 0.571. The van der Waals surface area contributed by atoms with E-state index in [1.165, 1.54) is 0 Å². The van der Waals surface area contributed by atoms with Gasteiger partial charge in [0.25, 0.3) is 0 Å². The highest BCUT2D eigenvalue weighted by Crippen LogP contribution is 2.23. The van der Waals surface area contributed by atoms with Crippen LogP contribution in [-0.2, 0) is 4.79 Å². The molecule has 1 atom stereocenters. The Kier molecular flexibility index (Phi) is 1.31. The molecule has 0 N–H and O–H groups in total. The van der Waals surface area contributed by atoms with Crippen molar-refractivity contribution in [2.75, 3.05) is 7.05 Å². The molecule has 1 rings (SSSR count). The summed E-state index contributed by atoms with van der Waals surface area (Å²) in [4.78, 5) is 12.6. The molecular formula is C7H11NO. The molecule has 1 heterocycles. The Labute approximate surface area is 55.2 Å². The van der Waals surface area contributed by atoms with Gasteiger partial charge in [0.15, 0.2) is 0 Å². The van der Waals surface area contributed by atoms with Crippen molar-refractivity contribution in [2.24, 2.45) is 5.92 Å². The molecule has 1 saturated heterocycles. The number of hydrogen-bond acceptors (Lipinski definition) is 1. The van der Waals surface area contributed by atoms with Crippen LogP contribution in [0.1, 0.15) is 13.3 Å². The Balaban J connectivity index is 2.77. The molecule has 0 radical (unpaired) electrons. The van der Waals surface area contributed by atoms with Gasteiger partial charge in [0.1, 0.15) is 0 Å². The van der Waals surface area contributed by atoms with E-state index >= 15 is 0 Å². The van der Waals surface area contributed by atoms with E-state index in [1.807, 2.05) is 6.92 Å². The lowest BCUT2D eigenvalue weighted by Gasteiger charge is -2.07. The molecule has 0 unspecified atom stereocenters. The second-order valence-electron chi connectivity index (χ2n) is 2.57. The summed E-state index contributed by atoms with van der Waals surface area (Å²) in [5.41, 5.74) is 0.938. The van der Waals surface area contributed by atoms with Gasteiger partial charge in [-0.15, -0.1) is 0 Å². The van der Waals surface area contributed by atoms with Crippen LogP contribution in [0.4, 0.5) is 0 Å². The van der Waals surface area contributed by atoms with Crippen molar-refractivity contribution >= 4 is 5.91 Å². The molecule has 1 aliphatic heterocycles. The van der Waals surface area contributed by atoms with Gasteiger partial charge in [-0.1, -0.05) is 13.5 Å². The SMILES string of the molecule is C=C1C[C@@H](C)C(=O)N1C. The second kappa shape index (κ2) is 1.87. The van der Waals surface area contributed by atoms with E-state index in [-0.39, 0.29) is 11.8 Å². The van der Waals surface area contributed by atoms with E-state index in [2.05, 4.69) is 6.58 Å². The summed E-state index contributed by atoms with van der Waals surface area (Å²) in [5, 5.41) is 0. The average Bonchev–Trinajstić information content (AvgIpc) is 1.98. The predicted molar refractivity (Wildman–Crippen MR) is 35.7 cm³/mol. The summed E-state index contributed by atoms with van der Waals surface area (Å²) < 4.78 is 0. The van der Waals surface area contributed by atoms with E-state index in [4.69, 9.17) is 0 Å². The van der Waals surface area contributed by atoms with Crippen LogP contribution in [0.25, 0.3) is 0 Å². The molecule has 0 saturated carbocycles. The van der Waals surface area contributed by atoms with E-state index in [0.29, 0.717) is 0 Å². The van der Waals surface area contributed by atoms with Crippen molar-refractivity contribution in [1.82, 2.24) is 4.90 Å². The zero-order valence-electron chi connectivity index (χ0n) is 5.85. The Morgan fingerprint density at radius 3 is 2.44 bits per heavy atom. The minimum Gasteiger partial charge on any atom is -0.320 e. The Morgan fingerprint density at radius 2 is 2.33 bits per heavy atom. The van der Waals surface area contributed by atoms with Gasteiger partial charge in [-0.25, -0.2) is 0 Å². The minimum absolute atomic E-state index is 0.155. The maximum absolute atomic E-state index is 11.0. The number of rotatable bonds is 0. The summed E-state index contributed by atoms with van der Waals surface area (Å²) in [6.07, 6.45) is 0.829. The highest BCUT2D eigenvalue weighted by Gasteiger charge is 2.27. The largest absolute Gasteiger partial charge is 0.320 e. The molecule has 0 aliphatic carbocycles. The molecule has 1 aliphatic rings. The Morgan fingerprint density at radius 1 is 1.78 bits per heavy atom. The van der Waals surface area contributed by atoms with Crippen LogP contribution in [0.2, 0.25) is 0 Å². The third-order valence-electron chi connectivity index (χ3n) is 1.77. The highest BCUT2D eigenvalue weighted by molar-refractivity contribution is 5.83. The molecule has 0 aromatic heterocycles. The van der Waals surface area contributed by atoms with Crippen LogP contribution in [0.5, 0.6) is 0 Å². The maximum atomic E-state index is 11.0. The quantitative estimate of drug-likeness (QED) is 0.473. The zero-order chi connectivity index (χ0) is 7.02. The first kappa shape index (κ1) is 6.33. The first-order chi connectivity index (χ1) is 4.13. The summed E-state index contributed by atoms with van der Waals surface area (Å²) in [6.45, 7) is 5.67. The molecule has 0 spiro atoms. The summed E-state index contributed by atoms with van der Waals surface area (Å²) in [5.74, 6) is 0.350. The van der Waals surface area contributed by atoms with Gasteiger partial charge >= 0.3 is 0 Å². The molecule has 9 heavy (non-hydrogen) atoms. The van der Waals surface area contributed by atoms with Crippen LogP contribution in [-0.4, -0.2) is 17.9 Å². The number of carbonyl (C=O) groups is 1. The van der Waals surface area contributed by atoms with E-state index in [0.717, 1.165) is 12.1 Å². The van der Waals surface area contributed by atoms with Gasteiger partial charge < -0.3 is 4.90 Å². The summed E-state index contributed by atoms with van der Waals surface area (Å²) in [6, 6.07) is 0. The van der Waals surface area contributed by atoms with Gasteiger partial charge in [0.05, 0.1) is 0 Å². The summed E-state index contributed by atoms with van der Waals surface area (Å²) in [7, 11) is 1.77. The molecule has 50 valence electrons. The third-order valence-corrected chi connectivity index (χ3v) is 1.77. The highest BCUT2D eigenvalue weighted by atomic mass is 16.2. The topological polar surface area (TPSA) is 20.3 Å². The molecule has 1 amide bonds. The molecule has 0 aromatic rings. The van der Waals surface area contributed by atoms with Gasteiger partial charge in [-0.05, 0) is 6.42 Å². The fourth-order valence-electron chi connectivity index (χ4n) is 1.06. The standard InChI is InChI=1S/C7H11NO/c1-5-4-6(2)8(3)7(5)9/h5H,2,4H2,1,3H3/t5-/m1/s1. The Bertz CT molecular complexity index is 162. The van der Waals surface area contributed by atoms with Gasteiger partial charge in [-0.2, -0.15) is 0 Å². The van der Waals surface area contributed by atoms with Gasteiger partial charge in [0, 0.05) is 18.7 Å².